The number of alkyl halides is 1. The van der Waals surface area contributed by atoms with E-state index in [4.69, 9.17) is 27.9 Å². The van der Waals surface area contributed by atoms with Gasteiger partial charge in [0.1, 0.15) is 12.4 Å². The Labute approximate surface area is 116 Å². The average molecular weight is 285 g/mol. The molecule has 0 saturated carbocycles. The third-order valence-electron chi connectivity index (χ3n) is 2.64. The molecule has 0 aliphatic rings. The van der Waals surface area contributed by atoms with Gasteiger partial charge in [0.05, 0.1) is 17.3 Å². The highest BCUT2D eigenvalue weighted by Gasteiger charge is 2.07. The Hall–Kier alpha value is -1.19. The molecule has 0 bridgehead atoms. The molecule has 5 heteroatoms. The predicted molar refractivity (Wildman–Crippen MR) is 73.3 cm³/mol. The summed E-state index contributed by atoms with van der Waals surface area (Å²) in [5, 5.41) is 4.93. The molecule has 2 rings (SSSR count). The standard InChI is InChI=1S/C13H14Cl2N2O/c1-9-5-12(17(2)16-9)8-18-13-4-3-11(15)6-10(13)7-14/h3-6H,7-8H2,1-2H3. The number of rotatable bonds is 4. The Morgan fingerprint density at radius 1 is 1.33 bits per heavy atom. The van der Waals surface area contributed by atoms with Crippen LogP contribution in [0.4, 0.5) is 0 Å². The van der Waals surface area contributed by atoms with Crippen molar-refractivity contribution in [2.45, 2.75) is 19.4 Å². The summed E-state index contributed by atoms with van der Waals surface area (Å²) in [5.41, 5.74) is 2.89. The number of hydrogen-bond donors (Lipinski definition) is 0. The Kier molecular flexibility index (Phi) is 4.15. The van der Waals surface area contributed by atoms with Crippen LogP contribution in [0.5, 0.6) is 5.75 Å². The first-order chi connectivity index (χ1) is 8.60. The number of aromatic nitrogens is 2. The second-order valence-corrected chi connectivity index (χ2v) is 4.78. The van der Waals surface area contributed by atoms with Crippen LogP contribution in [0.25, 0.3) is 0 Å². The highest BCUT2D eigenvalue weighted by molar-refractivity contribution is 6.30. The molecular formula is C13H14Cl2N2O. The van der Waals surface area contributed by atoms with Gasteiger partial charge >= 0.3 is 0 Å². The lowest BCUT2D eigenvalue weighted by molar-refractivity contribution is 0.292. The normalized spacial score (nSPS) is 10.7. The van der Waals surface area contributed by atoms with Gasteiger partial charge in [0.25, 0.3) is 0 Å². The summed E-state index contributed by atoms with van der Waals surface area (Å²) >= 11 is 11.8. The fraction of sp³-hybridized carbons (Fsp3) is 0.308. The summed E-state index contributed by atoms with van der Waals surface area (Å²) in [6.45, 7) is 2.42. The molecule has 0 spiro atoms. The SMILES string of the molecule is Cc1cc(COc2ccc(Cl)cc2CCl)n(C)n1. The molecule has 0 N–H and O–H groups in total. The van der Waals surface area contributed by atoms with Gasteiger partial charge in [-0.1, -0.05) is 11.6 Å². The van der Waals surface area contributed by atoms with E-state index in [0.717, 1.165) is 22.7 Å². The maximum atomic E-state index is 5.91. The summed E-state index contributed by atoms with van der Waals surface area (Å²) < 4.78 is 7.57. The molecule has 1 aromatic heterocycles. The van der Waals surface area contributed by atoms with Crippen LogP contribution in [0.1, 0.15) is 17.0 Å². The van der Waals surface area contributed by atoms with Crippen LogP contribution in [0.15, 0.2) is 24.3 Å². The van der Waals surface area contributed by atoms with E-state index in [9.17, 15) is 0 Å². The minimum absolute atomic E-state index is 0.375. The van der Waals surface area contributed by atoms with Crippen molar-refractivity contribution in [1.82, 2.24) is 9.78 Å². The monoisotopic (exact) mass is 284 g/mol. The van der Waals surface area contributed by atoms with Crippen molar-refractivity contribution in [3.8, 4) is 5.75 Å². The lowest BCUT2D eigenvalue weighted by Gasteiger charge is -2.10. The van der Waals surface area contributed by atoms with Crippen molar-refractivity contribution >= 4 is 23.2 Å². The summed E-state index contributed by atoms with van der Waals surface area (Å²) in [4.78, 5) is 0. The lowest BCUT2D eigenvalue weighted by atomic mass is 10.2. The van der Waals surface area contributed by atoms with Crippen LogP contribution in [-0.4, -0.2) is 9.78 Å². The molecule has 3 nitrogen and oxygen atoms in total. The van der Waals surface area contributed by atoms with Crippen molar-refractivity contribution in [3.05, 3.63) is 46.2 Å². The van der Waals surface area contributed by atoms with Gasteiger partial charge in [0.2, 0.25) is 0 Å². The maximum absolute atomic E-state index is 5.91. The van der Waals surface area contributed by atoms with E-state index in [-0.39, 0.29) is 0 Å². The van der Waals surface area contributed by atoms with Gasteiger partial charge in [0, 0.05) is 17.6 Å². The van der Waals surface area contributed by atoms with E-state index in [1.165, 1.54) is 0 Å². The number of halogens is 2. The van der Waals surface area contributed by atoms with Crippen molar-refractivity contribution in [1.29, 1.82) is 0 Å². The highest BCUT2D eigenvalue weighted by Crippen LogP contribution is 2.25. The first-order valence-electron chi connectivity index (χ1n) is 5.57. The molecule has 0 radical (unpaired) electrons. The number of hydrogen-bond acceptors (Lipinski definition) is 2. The zero-order chi connectivity index (χ0) is 13.1. The van der Waals surface area contributed by atoms with Crippen LogP contribution >= 0.6 is 23.2 Å². The summed E-state index contributed by atoms with van der Waals surface area (Å²) in [6, 6.07) is 7.44. The van der Waals surface area contributed by atoms with Crippen LogP contribution in [0, 0.1) is 6.92 Å². The van der Waals surface area contributed by atoms with Crippen LogP contribution < -0.4 is 4.74 Å². The maximum Gasteiger partial charge on any atom is 0.130 e. The Bertz CT molecular complexity index is 552. The number of benzene rings is 1. The van der Waals surface area contributed by atoms with E-state index >= 15 is 0 Å². The van der Waals surface area contributed by atoms with Gasteiger partial charge < -0.3 is 4.74 Å². The van der Waals surface area contributed by atoms with E-state index in [1.807, 2.05) is 36.9 Å². The molecule has 0 amide bonds. The third-order valence-corrected chi connectivity index (χ3v) is 3.16. The molecule has 1 aromatic carbocycles. The topological polar surface area (TPSA) is 27.1 Å². The lowest BCUT2D eigenvalue weighted by Crippen LogP contribution is -2.04. The molecule has 0 atom stereocenters. The molecule has 2 aromatic rings. The van der Waals surface area contributed by atoms with E-state index in [1.54, 1.807) is 6.07 Å². The molecular weight excluding hydrogens is 271 g/mol. The highest BCUT2D eigenvalue weighted by atomic mass is 35.5. The fourth-order valence-electron chi connectivity index (χ4n) is 1.74. The zero-order valence-electron chi connectivity index (χ0n) is 10.3. The summed E-state index contributed by atoms with van der Waals surface area (Å²) in [5.74, 6) is 1.13. The molecule has 0 aliphatic heterocycles. The largest absolute Gasteiger partial charge is 0.487 e. The van der Waals surface area contributed by atoms with Gasteiger partial charge in [-0.15, -0.1) is 11.6 Å². The van der Waals surface area contributed by atoms with Crippen LogP contribution in [0.3, 0.4) is 0 Å². The van der Waals surface area contributed by atoms with Crippen molar-refractivity contribution in [3.63, 3.8) is 0 Å². The smallest absolute Gasteiger partial charge is 0.130 e. The molecule has 0 aliphatic carbocycles. The van der Waals surface area contributed by atoms with Crippen molar-refractivity contribution in [2.24, 2.45) is 7.05 Å². The Morgan fingerprint density at radius 2 is 2.11 bits per heavy atom. The molecule has 0 saturated heterocycles. The quantitative estimate of drug-likeness (QED) is 0.801. The third kappa shape index (κ3) is 2.98. The molecule has 0 fully saturated rings. The van der Waals surface area contributed by atoms with Crippen LogP contribution in [0.2, 0.25) is 5.02 Å². The fourth-order valence-corrected chi connectivity index (χ4v) is 2.15. The number of aryl methyl sites for hydroxylation is 2. The molecule has 1 heterocycles. The van der Waals surface area contributed by atoms with Crippen molar-refractivity contribution < 1.29 is 4.74 Å². The summed E-state index contributed by atoms with van der Waals surface area (Å²) in [6.07, 6.45) is 0. The second-order valence-electron chi connectivity index (χ2n) is 4.08. The van der Waals surface area contributed by atoms with E-state index < -0.39 is 0 Å². The minimum Gasteiger partial charge on any atom is -0.487 e. The molecule has 96 valence electrons. The van der Waals surface area contributed by atoms with Crippen molar-refractivity contribution in [2.75, 3.05) is 0 Å². The van der Waals surface area contributed by atoms with E-state index in [2.05, 4.69) is 5.10 Å². The van der Waals surface area contributed by atoms with Gasteiger partial charge in [-0.2, -0.15) is 5.10 Å². The minimum atomic E-state index is 0.375. The van der Waals surface area contributed by atoms with Gasteiger partial charge in [-0.05, 0) is 31.2 Å². The Balaban J connectivity index is 2.13. The summed E-state index contributed by atoms with van der Waals surface area (Å²) in [7, 11) is 1.90. The Morgan fingerprint density at radius 3 is 2.72 bits per heavy atom. The first-order valence-corrected chi connectivity index (χ1v) is 6.48. The average Bonchev–Trinajstić information content (AvgIpc) is 2.66. The number of ether oxygens (including phenoxy) is 1. The predicted octanol–water partition coefficient (Wildman–Crippen LogP) is 3.70. The van der Waals surface area contributed by atoms with Gasteiger partial charge in [-0.3, -0.25) is 4.68 Å². The van der Waals surface area contributed by atoms with Crippen LogP contribution in [-0.2, 0) is 19.5 Å². The molecule has 0 unspecified atom stereocenters. The second kappa shape index (κ2) is 5.63. The van der Waals surface area contributed by atoms with Gasteiger partial charge in [-0.25, -0.2) is 0 Å². The van der Waals surface area contributed by atoms with E-state index in [0.29, 0.717) is 17.5 Å². The zero-order valence-corrected chi connectivity index (χ0v) is 11.8. The van der Waals surface area contributed by atoms with Gasteiger partial charge in [0.15, 0.2) is 0 Å². The first kappa shape index (κ1) is 13.2. The number of nitrogens with zero attached hydrogens (tertiary/aromatic N) is 2. The molecule has 18 heavy (non-hydrogen) atoms.